The summed E-state index contributed by atoms with van der Waals surface area (Å²) in [4.78, 5) is 27.5. The molecule has 1 atom stereocenters. The fourth-order valence-corrected chi connectivity index (χ4v) is 2.58. The summed E-state index contributed by atoms with van der Waals surface area (Å²) in [5, 5.41) is 16.6. The Hall–Kier alpha value is -2.36. The molecular weight excluding hydrogens is 344 g/mol. The van der Waals surface area contributed by atoms with Gasteiger partial charge in [0.15, 0.2) is 0 Å². The van der Waals surface area contributed by atoms with Gasteiger partial charge in [-0.15, -0.1) is 11.3 Å². The van der Waals surface area contributed by atoms with Crippen molar-refractivity contribution in [2.75, 3.05) is 0 Å². The molecule has 0 aliphatic rings. The molecular formula is C14H15F2N3O4S. The number of aryl methyl sites for hydroxylation is 1. The van der Waals surface area contributed by atoms with E-state index in [9.17, 15) is 18.4 Å². The van der Waals surface area contributed by atoms with Crippen molar-refractivity contribution in [3.63, 3.8) is 0 Å². The predicted molar refractivity (Wildman–Crippen MR) is 80.7 cm³/mol. The number of carbonyl (C=O) groups excluding carboxylic acids is 1. The van der Waals surface area contributed by atoms with Crippen LogP contribution in [0.1, 0.15) is 25.2 Å². The summed E-state index contributed by atoms with van der Waals surface area (Å²) in [5.41, 5.74) is 0. The number of nitrogens with one attached hydrogen (secondary N) is 1. The lowest BCUT2D eigenvalue weighted by Crippen LogP contribution is -2.41. The van der Waals surface area contributed by atoms with Gasteiger partial charge < -0.3 is 14.9 Å². The second-order valence-electron chi connectivity index (χ2n) is 4.93. The molecule has 1 unspecified atom stereocenters. The van der Waals surface area contributed by atoms with Gasteiger partial charge in [0.25, 0.3) is 0 Å². The molecule has 7 nitrogen and oxygen atoms in total. The lowest BCUT2D eigenvalue weighted by atomic mass is 10.2. The largest absolute Gasteiger partial charge is 0.480 e. The molecule has 0 bridgehead atoms. The van der Waals surface area contributed by atoms with Gasteiger partial charge >= 0.3 is 5.97 Å². The number of aromatic nitrogens is 2. The number of hydrogen-bond acceptors (Lipinski definition) is 6. The Balaban J connectivity index is 1.77. The van der Waals surface area contributed by atoms with E-state index in [-0.39, 0.29) is 6.42 Å². The molecule has 2 aromatic heterocycles. The number of carbonyl (C=O) groups is 2. The van der Waals surface area contributed by atoms with Crippen LogP contribution < -0.4 is 5.32 Å². The topological polar surface area (TPSA) is 105 Å². The van der Waals surface area contributed by atoms with Gasteiger partial charge in [-0.1, -0.05) is 11.2 Å². The fourth-order valence-electron chi connectivity index (χ4n) is 1.93. The predicted octanol–water partition coefficient (Wildman–Crippen LogP) is 2.35. The molecule has 0 aromatic carbocycles. The minimum Gasteiger partial charge on any atom is -0.480 e. The number of hydrogen-bond donors (Lipinski definition) is 2. The molecule has 0 radical (unpaired) electrons. The number of carboxylic acid groups (broad SMARTS) is 1. The molecule has 0 saturated carbocycles. The highest BCUT2D eigenvalue weighted by atomic mass is 32.1. The molecule has 24 heavy (non-hydrogen) atoms. The summed E-state index contributed by atoms with van der Waals surface area (Å²) in [6, 6.07) is 2.12. The molecule has 2 rings (SSSR count). The first-order chi connectivity index (χ1) is 11.5. The maximum absolute atomic E-state index is 12.2. The highest BCUT2D eigenvalue weighted by molar-refractivity contribution is 7.13. The maximum atomic E-state index is 12.2. The molecule has 130 valence electrons. The molecule has 2 aromatic rings. The van der Waals surface area contributed by atoms with Crippen molar-refractivity contribution < 1.29 is 28.0 Å². The Morgan fingerprint density at radius 2 is 2.21 bits per heavy atom. The zero-order valence-electron chi connectivity index (χ0n) is 12.4. The van der Waals surface area contributed by atoms with Crippen molar-refractivity contribution in [1.82, 2.24) is 15.5 Å². The van der Waals surface area contributed by atoms with E-state index in [2.05, 4.69) is 15.5 Å². The molecule has 0 spiro atoms. The summed E-state index contributed by atoms with van der Waals surface area (Å²) in [7, 11) is 0. The average molecular weight is 359 g/mol. The summed E-state index contributed by atoms with van der Waals surface area (Å²) in [6.45, 7) is 0. The first kappa shape index (κ1) is 18.0. The molecule has 2 heterocycles. The minimum absolute atomic E-state index is 0.0241. The number of nitrogens with zero attached hydrogens (tertiary/aromatic N) is 2. The van der Waals surface area contributed by atoms with Crippen molar-refractivity contribution in [3.05, 3.63) is 23.4 Å². The first-order valence-electron chi connectivity index (χ1n) is 7.12. The van der Waals surface area contributed by atoms with Crippen molar-refractivity contribution in [2.45, 2.75) is 38.2 Å². The summed E-state index contributed by atoms with van der Waals surface area (Å²) in [6.07, 6.45) is -3.09. The van der Waals surface area contributed by atoms with Crippen LogP contribution in [-0.2, 0) is 16.0 Å². The highest BCUT2D eigenvalue weighted by Crippen LogP contribution is 2.21. The average Bonchev–Trinajstić information content (AvgIpc) is 3.16. The van der Waals surface area contributed by atoms with Gasteiger partial charge in [0.2, 0.25) is 24.0 Å². The molecule has 2 N–H and O–H groups in total. The standard InChI is InChI=1S/C14H15F2N3O4S/c15-10(16)7-8(14(21)22)17-11(20)4-1-5-12-18-13(19-23-12)9-3-2-6-24-9/h2-3,6,8,10H,1,4-5,7H2,(H,17,20)(H,21,22). The maximum Gasteiger partial charge on any atom is 0.326 e. The summed E-state index contributed by atoms with van der Waals surface area (Å²) < 4.78 is 29.6. The second-order valence-corrected chi connectivity index (χ2v) is 5.88. The summed E-state index contributed by atoms with van der Waals surface area (Å²) >= 11 is 1.47. The number of halogens is 2. The van der Waals surface area contributed by atoms with Crippen molar-refractivity contribution >= 4 is 23.2 Å². The number of amides is 1. The van der Waals surface area contributed by atoms with Gasteiger partial charge in [-0.3, -0.25) is 4.79 Å². The van der Waals surface area contributed by atoms with E-state index < -0.39 is 30.8 Å². The Morgan fingerprint density at radius 3 is 2.83 bits per heavy atom. The van der Waals surface area contributed by atoms with E-state index in [0.29, 0.717) is 24.6 Å². The Labute approximate surface area is 139 Å². The van der Waals surface area contributed by atoms with Crippen LogP contribution in [0, 0.1) is 0 Å². The first-order valence-corrected chi connectivity index (χ1v) is 8.00. The lowest BCUT2D eigenvalue weighted by molar-refractivity contribution is -0.143. The van der Waals surface area contributed by atoms with Gasteiger partial charge in [-0.05, 0) is 17.9 Å². The fraction of sp³-hybridized carbons (Fsp3) is 0.429. The number of carboxylic acids is 1. The van der Waals surface area contributed by atoms with Crippen LogP contribution in [0.2, 0.25) is 0 Å². The minimum atomic E-state index is -2.81. The Morgan fingerprint density at radius 1 is 1.42 bits per heavy atom. The molecule has 0 aliphatic heterocycles. The molecule has 1 amide bonds. The van der Waals surface area contributed by atoms with Crippen LogP contribution in [0.3, 0.4) is 0 Å². The van der Waals surface area contributed by atoms with Gasteiger partial charge in [-0.25, -0.2) is 13.6 Å². The molecule has 10 heteroatoms. The van der Waals surface area contributed by atoms with Gasteiger partial charge in [0, 0.05) is 19.3 Å². The number of rotatable bonds is 9. The SMILES string of the molecule is O=C(CCCc1nc(-c2cccs2)no1)NC(CC(F)F)C(=O)O. The smallest absolute Gasteiger partial charge is 0.326 e. The monoisotopic (exact) mass is 359 g/mol. The third-order valence-electron chi connectivity index (χ3n) is 3.05. The lowest BCUT2D eigenvalue weighted by Gasteiger charge is -2.13. The van der Waals surface area contributed by atoms with Crippen LogP contribution >= 0.6 is 11.3 Å². The zero-order valence-corrected chi connectivity index (χ0v) is 13.3. The van der Waals surface area contributed by atoms with Crippen molar-refractivity contribution in [2.24, 2.45) is 0 Å². The molecule has 0 fully saturated rings. The van der Waals surface area contributed by atoms with Gasteiger partial charge in [0.1, 0.15) is 6.04 Å². The summed E-state index contributed by atoms with van der Waals surface area (Å²) in [5.74, 6) is -1.27. The van der Waals surface area contributed by atoms with Gasteiger partial charge in [0.05, 0.1) is 4.88 Å². The van der Waals surface area contributed by atoms with E-state index in [1.165, 1.54) is 11.3 Å². The van der Waals surface area contributed by atoms with E-state index >= 15 is 0 Å². The zero-order chi connectivity index (χ0) is 17.5. The number of aliphatic carboxylic acids is 1. The van der Waals surface area contributed by atoms with Crippen molar-refractivity contribution in [3.8, 4) is 10.7 Å². The van der Waals surface area contributed by atoms with Crippen LogP contribution in [0.4, 0.5) is 8.78 Å². The number of thiophene rings is 1. The Bertz CT molecular complexity index is 675. The van der Waals surface area contributed by atoms with E-state index in [1.54, 1.807) is 0 Å². The highest BCUT2D eigenvalue weighted by Gasteiger charge is 2.23. The normalized spacial score (nSPS) is 12.3. The Kier molecular flexibility index (Phi) is 6.36. The molecule has 0 aliphatic carbocycles. The van der Waals surface area contributed by atoms with E-state index in [0.717, 1.165) is 4.88 Å². The number of alkyl halides is 2. The third kappa shape index (κ3) is 5.37. The molecule has 0 saturated heterocycles. The quantitative estimate of drug-likeness (QED) is 0.712. The van der Waals surface area contributed by atoms with E-state index in [4.69, 9.17) is 9.63 Å². The van der Waals surface area contributed by atoms with Gasteiger partial charge in [-0.2, -0.15) is 4.98 Å². The van der Waals surface area contributed by atoms with Crippen molar-refractivity contribution in [1.29, 1.82) is 0 Å². The van der Waals surface area contributed by atoms with Crippen LogP contribution in [-0.4, -0.2) is 39.6 Å². The van der Waals surface area contributed by atoms with Crippen LogP contribution in [0.15, 0.2) is 22.0 Å². The van der Waals surface area contributed by atoms with Crippen LogP contribution in [0.5, 0.6) is 0 Å². The van der Waals surface area contributed by atoms with Crippen LogP contribution in [0.25, 0.3) is 10.7 Å². The second kappa shape index (κ2) is 8.48. The third-order valence-corrected chi connectivity index (χ3v) is 3.92. The van der Waals surface area contributed by atoms with E-state index in [1.807, 2.05) is 17.5 Å².